The van der Waals surface area contributed by atoms with Crippen molar-refractivity contribution < 1.29 is 9.47 Å². The van der Waals surface area contributed by atoms with Gasteiger partial charge in [0.15, 0.2) is 0 Å². The topological polar surface area (TPSA) is 57.4 Å². The van der Waals surface area contributed by atoms with Gasteiger partial charge in [0.1, 0.15) is 11.6 Å². The summed E-state index contributed by atoms with van der Waals surface area (Å²) in [5.74, 6) is 1.25. The van der Waals surface area contributed by atoms with Crippen LogP contribution in [0.1, 0.15) is 31.2 Å². The molecule has 21 heavy (non-hydrogen) atoms. The number of aromatic nitrogens is 1. The van der Waals surface area contributed by atoms with Crippen molar-refractivity contribution in [3.05, 3.63) is 41.6 Å². The monoisotopic (exact) mass is 286 g/mol. The summed E-state index contributed by atoms with van der Waals surface area (Å²) in [4.78, 5) is 4.34. The van der Waals surface area contributed by atoms with E-state index in [9.17, 15) is 0 Å². The molecule has 0 fully saturated rings. The van der Waals surface area contributed by atoms with E-state index in [1.165, 1.54) is 0 Å². The molecule has 1 aromatic carbocycles. The highest BCUT2D eigenvalue weighted by atomic mass is 16.5. The second kappa shape index (κ2) is 6.59. The van der Waals surface area contributed by atoms with Crippen LogP contribution in [0.3, 0.4) is 0 Å². The van der Waals surface area contributed by atoms with Gasteiger partial charge < -0.3 is 15.2 Å². The van der Waals surface area contributed by atoms with E-state index in [1.54, 1.807) is 7.11 Å². The first kappa shape index (κ1) is 15.3. The fourth-order valence-electron chi connectivity index (χ4n) is 2.32. The molecule has 112 valence electrons. The number of hydrogen-bond donors (Lipinski definition) is 1. The number of nitrogens with zero attached hydrogens (tertiary/aromatic N) is 1. The van der Waals surface area contributed by atoms with E-state index >= 15 is 0 Å². The van der Waals surface area contributed by atoms with Gasteiger partial charge in [0.05, 0.1) is 18.9 Å². The predicted octanol–water partition coefficient (Wildman–Crippen LogP) is 3.75. The minimum atomic E-state index is 0.0899. The van der Waals surface area contributed by atoms with E-state index in [-0.39, 0.29) is 6.10 Å². The average molecular weight is 286 g/mol. The lowest BCUT2D eigenvalue weighted by Gasteiger charge is -2.14. The van der Waals surface area contributed by atoms with Crippen molar-refractivity contribution in [3.63, 3.8) is 0 Å². The molecule has 0 aliphatic heterocycles. The van der Waals surface area contributed by atoms with Crippen LogP contribution in [0.25, 0.3) is 11.1 Å². The molecule has 0 amide bonds. The van der Waals surface area contributed by atoms with Crippen molar-refractivity contribution in [2.75, 3.05) is 19.5 Å². The van der Waals surface area contributed by atoms with E-state index in [0.29, 0.717) is 12.4 Å². The lowest BCUT2D eigenvalue weighted by atomic mass is 10.0. The molecule has 0 saturated heterocycles. The van der Waals surface area contributed by atoms with Crippen molar-refractivity contribution in [2.24, 2.45) is 0 Å². The normalized spacial score (nSPS) is 12.2. The number of nitrogen functional groups attached to an aromatic ring is 1. The molecule has 0 radical (unpaired) electrons. The van der Waals surface area contributed by atoms with Gasteiger partial charge in [0.25, 0.3) is 0 Å². The van der Waals surface area contributed by atoms with E-state index < -0.39 is 0 Å². The Labute approximate surface area is 125 Å². The van der Waals surface area contributed by atoms with Crippen LogP contribution in [0.4, 0.5) is 5.82 Å². The van der Waals surface area contributed by atoms with E-state index in [4.69, 9.17) is 15.2 Å². The molecule has 2 N–H and O–H groups in total. The average Bonchev–Trinajstić information content (AvgIpc) is 2.48. The second-order valence-corrected chi connectivity index (χ2v) is 4.93. The first-order valence-electron chi connectivity index (χ1n) is 7.09. The Morgan fingerprint density at radius 3 is 2.48 bits per heavy atom. The molecule has 2 rings (SSSR count). The van der Waals surface area contributed by atoms with Gasteiger partial charge in [-0.2, -0.15) is 0 Å². The largest absolute Gasteiger partial charge is 0.495 e. The summed E-state index contributed by atoms with van der Waals surface area (Å²) in [7, 11) is 1.64. The number of ether oxygens (including phenoxy) is 2. The minimum absolute atomic E-state index is 0.0899. The van der Waals surface area contributed by atoms with Gasteiger partial charge in [0.2, 0.25) is 0 Å². The molecule has 0 spiro atoms. The summed E-state index contributed by atoms with van der Waals surface area (Å²) in [6, 6.07) is 10.1. The molecule has 4 heteroatoms. The number of hydrogen-bond acceptors (Lipinski definition) is 4. The fourth-order valence-corrected chi connectivity index (χ4v) is 2.32. The summed E-state index contributed by atoms with van der Waals surface area (Å²) in [5.41, 5.74) is 9.87. The van der Waals surface area contributed by atoms with Crippen LogP contribution in [0.2, 0.25) is 0 Å². The molecule has 4 nitrogen and oxygen atoms in total. The van der Waals surface area contributed by atoms with Gasteiger partial charge in [-0.25, -0.2) is 4.98 Å². The first-order chi connectivity index (χ1) is 10.1. The lowest BCUT2D eigenvalue weighted by Crippen LogP contribution is -2.01. The van der Waals surface area contributed by atoms with Crippen molar-refractivity contribution >= 4 is 5.82 Å². The molecule has 1 unspecified atom stereocenters. The van der Waals surface area contributed by atoms with Gasteiger partial charge in [-0.1, -0.05) is 24.3 Å². The molecule has 0 aliphatic rings. The van der Waals surface area contributed by atoms with Gasteiger partial charge >= 0.3 is 0 Å². The van der Waals surface area contributed by atoms with E-state index in [2.05, 4.69) is 17.1 Å². The third-order valence-electron chi connectivity index (χ3n) is 3.52. The van der Waals surface area contributed by atoms with Crippen LogP contribution in [0.5, 0.6) is 5.75 Å². The highest BCUT2D eigenvalue weighted by Crippen LogP contribution is 2.31. The summed E-state index contributed by atoms with van der Waals surface area (Å²) < 4.78 is 10.9. The molecule has 0 aliphatic carbocycles. The standard InChI is InChI=1S/C17H22N2O2/c1-5-21-12(3)13-6-8-14(9-7-13)15-10-16(20-4)11(2)19-17(15)18/h6-10,12H,5H2,1-4H3,(H2,18,19). The zero-order chi connectivity index (χ0) is 15.4. The van der Waals surface area contributed by atoms with Gasteiger partial charge in [0, 0.05) is 12.2 Å². The van der Waals surface area contributed by atoms with Crippen LogP contribution >= 0.6 is 0 Å². The third-order valence-corrected chi connectivity index (χ3v) is 3.52. The maximum absolute atomic E-state index is 6.03. The highest BCUT2D eigenvalue weighted by molar-refractivity contribution is 5.75. The molecular formula is C17H22N2O2. The fraction of sp³-hybridized carbons (Fsp3) is 0.353. The lowest BCUT2D eigenvalue weighted by molar-refractivity contribution is 0.0764. The van der Waals surface area contributed by atoms with Gasteiger partial charge in [-0.15, -0.1) is 0 Å². The number of rotatable bonds is 5. The second-order valence-electron chi connectivity index (χ2n) is 4.93. The van der Waals surface area contributed by atoms with Gasteiger partial charge in [-0.3, -0.25) is 0 Å². The Bertz CT molecular complexity index is 609. The van der Waals surface area contributed by atoms with E-state index in [1.807, 2.05) is 39.0 Å². The quantitative estimate of drug-likeness (QED) is 0.909. The number of nitrogens with two attached hydrogens (primary N) is 1. The SMILES string of the molecule is CCOC(C)c1ccc(-c2cc(OC)c(C)nc2N)cc1. The Balaban J connectivity index is 2.34. The third kappa shape index (κ3) is 3.34. The number of methoxy groups -OCH3 is 1. The maximum Gasteiger partial charge on any atom is 0.140 e. The van der Waals surface area contributed by atoms with Gasteiger partial charge in [-0.05, 0) is 38.0 Å². The summed E-state index contributed by atoms with van der Waals surface area (Å²) >= 11 is 0. The predicted molar refractivity (Wildman–Crippen MR) is 85.4 cm³/mol. The highest BCUT2D eigenvalue weighted by Gasteiger charge is 2.10. The zero-order valence-electron chi connectivity index (χ0n) is 13.0. The number of anilines is 1. The number of pyridine rings is 1. The number of aryl methyl sites for hydroxylation is 1. The molecular weight excluding hydrogens is 264 g/mol. The van der Waals surface area contributed by atoms with Crippen LogP contribution < -0.4 is 10.5 Å². The Hall–Kier alpha value is -2.07. The summed E-state index contributed by atoms with van der Waals surface area (Å²) in [6.45, 7) is 6.62. The smallest absolute Gasteiger partial charge is 0.140 e. The van der Waals surface area contributed by atoms with Crippen LogP contribution in [0, 0.1) is 6.92 Å². The number of benzene rings is 1. The van der Waals surface area contributed by atoms with Crippen LogP contribution in [-0.4, -0.2) is 18.7 Å². The Kier molecular flexibility index (Phi) is 4.81. The Morgan fingerprint density at radius 1 is 1.24 bits per heavy atom. The Morgan fingerprint density at radius 2 is 1.90 bits per heavy atom. The first-order valence-corrected chi connectivity index (χ1v) is 7.09. The maximum atomic E-state index is 6.03. The minimum Gasteiger partial charge on any atom is -0.495 e. The summed E-state index contributed by atoms with van der Waals surface area (Å²) in [6.07, 6.45) is 0.0899. The summed E-state index contributed by atoms with van der Waals surface area (Å²) in [5, 5.41) is 0. The molecule has 1 heterocycles. The van der Waals surface area contributed by atoms with Crippen molar-refractivity contribution in [3.8, 4) is 16.9 Å². The molecule has 1 aromatic heterocycles. The van der Waals surface area contributed by atoms with Crippen molar-refractivity contribution in [1.82, 2.24) is 4.98 Å². The van der Waals surface area contributed by atoms with Crippen molar-refractivity contribution in [1.29, 1.82) is 0 Å². The van der Waals surface area contributed by atoms with Crippen molar-refractivity contribution in [2.45, 2.75) is 26.9 Å². The van der Waals surface area contributed by atoms with E-state index in [0.717, 1.165) is 28.1 Å². The molecule has 0 bridgehead atoms. The van der Waals surface area contributed by atoms with Crippen LogP contribution in [0.15, 0.2) is 30.3 Å². The van der Waals surface area contributed by atoms with Crippen LogP contribution in [-0.2, 0) is 4.74 Å². The molecule has 0 saturated carbocycles. The molecule has 2 aromatic rings. The molecule has 1 atom stereocenters. The zero-order valence-corrected chi connectivity index (χ0v) is 13.0.